The highest BCUT2D eigenvalue weighted by Crippen LogP contribution is 2.30. The number of rotatable bonds is 5. The van der Waals surface area contributed by atoms with E-state index in [9.17, 15) is 19.1 Å². The van der Waals surface area contributed by atoms with Crippen LogP contribution in [-0.4, -0.2) is 46.3 Å². The van der Waals surface area contributed by atoms with E-state index in [4.69, 9.17) is 21.7 Å². The van der Waals surface area contributed by atoms with Crippen LogP contribution in [0.15, 0.2) is 47.3 Å². The Hall–Kier alpha value is -2.68. The second kappa shape index (κ2) is 9.42. The molecule has 0 aromatic carbocycles. The van der Waals surface area contributed by atoms with Gasteiger partial charge in [-0.15, -0.1) is 6.58 Å². The molecule has 0 spiro atoms. The van der Waals surface area contributed by atoms with E-state index in [2.05, 4.69) is 11.9 Å². The second-order valence-electron chi connectivity index (χ2n) is 7.93. The van der Waals surface area contributed by atoms with Gasteiger partial charge in [0.15, 0.2) is 5.76 Å². The highest BCUT2D eigenvalue weighted by molar-refractivity contribution is 7.80. The molecule has 0 saturated carbocycles. The monoisotopic (exact) mass is 438 g/mol. The summed E-state index contributed by atoms with van der Waals surface area (Å²) >= 11 is 5.34. The number of aliphatic hydroxyl groups excluding tert-OH is 1. The van der Waals surface area contributed by atoms with Gasteiger partial charge in [0, 0.05) is 18.9 Å². The number of imide groups is 1. The zero-order chi connectivity index (χ0) is 22.6. The van der Waals surface area contributed by atoms with Crippen LogP contribution in [0.3, 0.4) is 0 Å². The molecule has 0 fully saturated rings. The molecule has 30 heavy (non-hydrogen) atoms. The fourth-order valence-electron chi connectivity index (χ4n) is 3.12. The van der Waals surface area contributed by atoms with Gasteiger partial charge in [-0.1, -0.05) is 24.4 Å². The number of carbonyl (C=O) groups is 2. The number of amides is 2. The molecule has 1 unspecified atom stereocenters. The first-order chi connectivity index (χ1) is 14.0. The Bertz CT molecular complexity index is 854. The third-order valence-corrected chi connectivity index (χ3v) is 4.76. The molecule has 1 aliphatic heterocycles. The minimum absolute atomic E-state index is 0.0152. The maximum atomic E-state index is 14.1. The van der Waals surface area contributed by atoms with Crippen molar-refractivity contribution in [1.29, 1.82) is 0 Å². The lowest BCUT2D eigenvalue weighted by atomic mass is 9.93. The number of nitrogens with zero attached hydrogens (tertiary/aromatic N) is 1. The van der Waals surface area contributed by atoms with Crippen molar-refractivity contribution in [2.24, 2.45) is 5.92 Å². The molecule has 7 nitrogen and oxygen atoms in total. The van der Waals surface area contributed by atoms with Gasteiger partial charge in [-0.2, -0.15) is 0 Å². The van der Waals surface area contributed by atoms with Crippen molar-refractivity contribution in [3.63, 3.8) is 0 Å². The molecule has 2 N–H and O–H groups in total. The first-order valence-corrected chi connectivity index (χ1v) is 9.94. The minimum Gasteiger partial charge on any atom is -0.511 e. The van der Waals surface area contributed by atoms with E-state index in [-0.39, 0.29) is 40.7 Å². The number of aliphatic hydroxyl groups is 1. The van der Waals surface area contributed by atoms with E-state index in [1.165, 1.54) is 7.11 Å². The highest BCUT2D eigenvalue weighted by atomic mass is 32.1. The number of carbonyl (C=O) groups excluding carboxylic acids is 2. The van der Waals surface area contributed by atoms with E-state index in [0.29, 0.717) is 12.8 Å². The smallest absolute Gasteiger partial charge is 0.417 e. The van der Waals surface area contributed by atoms with Crippen molar-refractivity contribution in [2.75, 3.05) is 13.7 Å². The van der Waals surface area contributed by atoms with E-state index in [1.54, 1.807) is 32.9 Å². The number of nitrogens with one attached hydrogen (secondary N) is 1. The summed E-state index contributed by atoms with van der Waals surface area (Å²) in [6, 6.07) is 0. The van der Waals surface area contributed by atoms with Gasteiger partial charge in [-0.3, -0.25) is 4.79 Å². The molecule has 2 rings (SSSR count). The predicted molar refractivity (Wildman–Crippen MR) is 114 cm³/mol. The summed E-state index contributed by atoms with van der Waals surface area (Å²) in [6.07, 6.45) is 3.35. The quantitative estimate of drug-likeness (QED) is 0.491. The number of hydrogen-bond acceptors (Lipinski definition) is 6. The zero-order valence-corrected chi connectivity index (χ0v) is 18.4. The van der Waals surface area contributed by atoms with Crippen molar-refractivity contribution in [1.82, 2.24) is 10.2 Å². The van der Waals surface area contributed by atoms with Gasteiger partial charge in [0.2, 0.25) is 0 Å². The molecule has 2 amide bonds. The Kier molecular flexibility index (Phi) is 7.41. The second-order valence-corrected chi connectivity index (χ2v) is 8.33. The first-order valence-electron chi connectivity index (χ1n) is 9.53. The topological polar surface area (TPSA) is 88.1 Å². The van der Waals surface area contributed by atoms with Gasteiger partial charge in [0.25, 0.3) is 5.91 Å². The summed E-state index contributed by atoms with van der Waals surface area (Å²) in [5.74, 6) is -2.09. The number of ether oxygens (including phenoxy) is 2. The lowest BCUT2D eigenvalue weighted by Gasteiger charge is -2.33. The van der Waals surface area contributed by atoms with E-state index in [0.717, 1.165) is 4.90 Å². The largest absolute Gasteiger partial charge is 0.511 e. The van der Waals surface area contributed by atoms with Crippen molar-refractivity contribution >= 4 is 29.2 Å². The van der Waals surface area contributed by atoms with E-state index >= 15 is 0 Å². The number of thiocarbonyl (C=S) groups is 1. The van der Waals surface area contributed by atoms with Crippen LogP contribution in [0.4, 0.5) is 9.18 Å². The van der Waals surface area contributed by atoms with Crippen LogP contribution in [0, 0.1) is 5.92 Å². The van der Waals surface area contributed by atoms with Crippen molar-refractivity contribution in [2.45, 2.75) is 45.6 Å². The summed E-state index contributed by atoms with van der Waals surface area (Å²) in [4.78, 5) is 26.4. The van der Waals surface area contributed by atoms with Crippen LogP contribution in [0.25, 0.3) is 0 Å². The molecular weight excluding hydrogens is 411 g/mol. The first kappa shape index (κ1) is 23.6. The zero-order valence-electron chi connectivity index (χ0n) is 17.6. The molecule has 164 valence electrons. The average molecular weight is 439 g/mol. The SMILES string of the molecule is C=CCC1CN(C(=O)OC(C)(C)C)C(=O)C(C(=S)NC2=CCCC(F)=C2OC)=C1O. The third-order valence-electron chi connectivity index (χ3n) is 4.45. The van der Waals surface area contributed by atoms with Gasteiger partial charge in [0.1, 0.15) is 27.7 Å². The molecule has 1 aliphatic carbocycles. The number of hydrogen-bond donors (Lipinski definition) is 2. The normalized spacial score (nSPS) is 20.0. The standard InChI is InChI=1S/C21H27FN2O5S/c1-6-8-12-11-24(20(27)29-21(2,3)4)19(26)15(16(12)25)18(30)23-14-10-7-9-13(22)17(14)28-5/h6,10,12,25H,1,7-9,11H2,2-5H3,(H,23,30). The third kappa shape index (κ3) is 5.27. The Balaban J connectivity index is 2.37. The Labute approximate surface area is 180 Å². The average Bonchev–Trinajstić information content (AvgIpc) is 2.63. The number of allylic oxidation sites excluding steroid dienone is 3. The molecule has 0 aromatic heterocycles. The van der Waals surface area contributed by atoms with Crippen LogP contribution in [0.1, 0.15) is 40.0 Å². The van der Waals surface area contributed by atoms with Gasteiger partial charge in [0.05, 0.1) is 12.8 Å². The molecular formula is C21H27FN2O5S. The Morgan fingerprint density at radius 2 is 2.17 bits per heavy atom. The molecule has 9 heteroatoms. The summed E-state index contributed by atoms with van der Waals surface area (Å²) in [5.41, 5.74) is -0.791. The predicted octanol–water partition coefficient (Wildman–Crippen LogP) is 4.19. The molecule has 1 atom stereocenters. The van der Waals surface area contributed by atoms with E-state index in [1.807, 2.05) is 0 Å². The minimum atomic E-state index is -0.838. The molecule has 0 saturated heterocycles. The maximum Gasteiger partial charge on any atom is 0.417 e. The summed E-state index contributed by atoms with van der Waals surface area (Å²) in [6.45, 7) is 8.64. The lowest BCUT2D eigenvalue weighted by molar-refractivity contribution is -0.127. The highest BCUT2D eigenvalue weighted by Gasteiger charge is 2.40. The van der Waals surface area contributed by atoms with Gasteiger partial charge < -0.3 is 19.9 Å². The van der Waals surface area contributed by atoms with Crippen molar-refractivity contribution in [3.05, 3.63) is 47.3 Å². The van der Waals surface area contributed by atoms with Crippen LogP contribution >= 0.6 is 12.2 Å². The van der Waals surface area contributed by atoms with Crippen molar-refractivity contribution < 1.29 is 28.6 Å². The Morgan fingerprint density at radius 3 is 2.73 bits per heavy atom. The summed E-state index contributed by atoms with van der Waals surface area (Å²) < 4.78 is 24.5. The van der Waals surface area contributed by atoms with Crippen LogP contribution in [0.2, 0.25) is 0 Å². The van der Waals surface area contributed by atoms with E-state index < -0.39 is 29.3 Å². The molecule has 1 heterocycles. The van der Waals surface area contributed by atoms with Crippen LogP contribution < -0.4 is 5.32 Å². The fraction of sp³-hybridized carbons (Fsp3) is 0.476. The number of methoxy groups -OCH3 is 1. The van der Waals surface area contributed by atoms with Crippen LogP contribution in [-0.2, 0) is 14.3 Å². The molecule has 0 bridgehead atoms. The fourth-order valence-corrected chi connectivity index (χ4v) is 3.42. The Morgan fingerprint density at radius 1 is 1.50 bits per heavy atom. The molecule has 0 aromatic rings. The maximum absolute atomic E-state index is 14.1. The number of halogens is 1. The lowest BCUT2D eigenvalue weighted by Crippen LogP contribution is -2.49. The summed E-state index contributed by atoms with van der Waals surface area (Å²) in [5, 5.41) is 13.5. The molecule has 0 radical (unpaired) electrons. The van der Waals surface area contributed by atoms with Crippen molar-refractivity contribution in [3.8, 4) is 0 Å². The summed E-state index contributed by atoms with van der Waals surface area (Å²) in [7, 11) is 1.33. The van der Waals surface area contributed by atoms with Gasteiger partial charge in [-0.25, -0.2) is 14.1 Å². The van der Waals surface area contributed by atoms with Crippen LogP contribution in [0.5, 0.6) is 0 Å². The van der Waals surface area contributed by atoms with Gasteiger partial charge in [-0.05, 0) is 33.6 Å². The van der Waals surface area contributed by atoms with Gasteiger partial charge >= 0.3 is 6.09 Å². The molecule has 2 aliphatic rings.